The first-order chi connectivity index (χ1) is 14.1. The number of carbonyl (C=O) groups is 2. The number of carbonyl (C=O) groups excluding carboxylic acids is 2. The summed E-state index contributed by atoms with van der Waals surface area (Å²) in [4.78, 5) is 25.0. The molecule has 0 atom stereocenters. The van der Waals surface area contributed by atoms with Crippen LogP contribution in [-0.4, -0.2) is 25.1 Å². The molecule has 0 bridgehead atoms. The fourth-order valence-corrected chi connectivity index (χ4v) is 2.70. The van der Waals surface area contributed by atoms with E-state index in [4.69, 9.17) is 4.74 Å². The summed E-state index contributed by atoms with van der Waals surface area (Å²) in [6.07, 6.45) is 1.57. The Balaban J connectivity index is 1.70. The number of hydrogen-bond acceptors (Lipinski definition) is 4. The Morgan fingerprint density at radius 3 is 2.41 bits per heavy atom. The van der Waals surface area contributed by atoms with Gasteiger partial charge in [0.05, 0.1) is 24.6 Å². The summed E-state index contributed by atoms with van der Waals surface area (Å²) in [7, 11) is 1.56. The van der Waals surface area contributed by atoms with Crippen molar-refractivity contribution in [3.05, 3.63) is 95.1 Å². The van der Waals surface area contributed by atoms with Crippen LogP contribution in [0.1, 0.15) is 31.8 Å². The number of amides is 2. The predicted octanol–water partition coefficient (Wildman–Crippen LogP) is 4.02. The minimum Gasteiger partial charge on any atom is -0.497 e. The van der Waals surface area contributed by atoms with E-state index in [1.54, 1.807) is 61.9 Å². The topological polar surface area (TPSA) is 79.8 Å². The van der Waals surface area contributed by atoms with Gasteiger partial charge in [0.25, 0.3) is 11.8 Å². The molecule has 2 amide bonds. The lowest BCUT2D eigenvalue weighted by Crippen LogP contribution is -2.21. The molecule has 0 heterocycles. The van der Waals surface area contributed by atoms with Gasteiger partial charge in [0.1, 0.15) is 5.75 Å². The number of nitrogens with zero attached hydrogens (tertiary/aromatic N) is 1. The van der Waals surface area contributed by atoms with Crippen LogP contribution in [0.25, 0.3) is 0 Å². The highest BCUT2D eigenvalue weighted by molar-refractivity contribution is 6.09. The van der Waals surface area contributed by atoms with Crippen LogP contribution in [0.5, 0.6) is 5.75 Å². The second kappa shape index (κ2) is 9.32. The van der Waals surface area contributed by atoms with Crippen molar-refractivity contribution in [2.45, 2.75) is 6.92 Å². The third kappa shape index (κ3) is 5.29. The second-order valence-electron chi connectivity index (χ2n) is 6.34. The SMILES string of the molecule is COc1ccc(C(=O)Nc2ccccc2C(=O)NN=Cc2cccc(C)c2)cc1. The Hall–Kier alpha value is -3.93. The van der Waals surface area contributed by atoms with E-state index >= 15 is 0 Å². The molecular formula is C23H21N3O3. The van der Waals surface area contributed by atoms with Gasteiger partial charge >= 0.3 is 0 Å². The Morgan fingerprint density at radius 1 is 0.931 bits per heavy atom. The van der Waals surface area contributed by atoms with Crippen LogP contribution in [0.15, 0.2) is 77.9 Å². The van der Waals surface area contributed by atoms with Gasteiger partial charge in [-0.2, -0.15) is 5.10 Å². The van der Waals surface area contributed by atoms with Crippen molar-refractivity contribution in [1.82, 2.24) is 5.43 Å². The number of rotatable bonds is 6. The number of benzene rings is 3. The van der Waals surface area contributed by atoms with Gasteiger partial charge in [-0.05, 0) is 48.9 Å². The number of aryl methyl sites for hydroxylation is 1. The molecule has 146 valence electrons. The van der Waals surface area contributed by atoms with Crippen LogP contribution in [0.4, 0.5) is 5.69 Å². The molecule has 29 heavy (non-hydrogen) atoms. The predicted molar refractivity (Wildman–Crippen MR) is 114 cm³/mol. The van der Waals surface area contributed by atoms with Crippen molar-refractivity contribution in [3.8, 4) is 5.75 Å². The summed E-state index contributed by atoms with van der Waals surface area (Å²) >= 11 is 0. The lowest BCUT2D eigenvalue weighted by molar-refractivity contribution is 0.0956. The van der Waals surface area contributed by atoms with Gasteiger partial charge < -0.3 is 10.1 Å². The number of para-hydroxylation sites is 1. The van der Waals surface area contributed by atoms with Crippen LogP contribution < -0.4 is 15.5 Å². The molecule has 0 aliphatic carbocycles. The Bertz CT molecular complexity index is 1040. The number of nitrogens with one attached hydrogen (secondary N) is 2. The van der Waals surface area contributed by atoms with Crippen molar-refractivity contribution in [2.75, 3.05) is 12.4 Å². The normalized spacial score (nSPS) is 10.6. The first-order valence-corrected chi connectivity index (χ1v) is 9.01. The minimum atomic E-state index is -0.417. The first kappa shape index (κ1) is 19.8. The van der Waals surface area contributed by atoms with Gasteiger partial charge in [0.2, 0.25) is 0 Å². The van der Waals surface area contributed by atoms with Crippen LogP contribution in [0, 0.1) is 6.92 Å². The minimum absolute atomic E-state index is 0.316. The monoisotopic (exact) mass is 387 g/mol. The Labute approximate surface area is 169 Å². The standard InChI is InChI=1S/C23H21N3O3/c1-16-6-5-7-17(14-16)15-24-26-23(28)20-8-3-4-9-21(20)25-22(27)18-10-12-19(29-2)13-11-18/h3-15H,1-2H3,(H,25,27)(H,26,28). The van der Waals surface area contributed by atoms with Crippen molar-refractivity contribution < 1.29 is 14.3 Å². The molecule has 2 N–H and O–H groups in total. The van der Waals surface area contributed by atoms with Crippen LogP contribution in [-0.2, 0) is 0 Å². The van der Waals surface area contributed by atoms with Crippen molar-refractivity contribution in [1.29, 1.82) is 0 Å². The van der Waals surface area contributed by atoms with Gasteiger partial charge in [0.15, 0.2) is 0 Å². The largest absolute Gasteiger partial charge is 0.497 e. The molecule has 3 rings (SSSR count). The summed E-state index contributed by atoms with van der Waals surface area (Å²) in [6.45, 7) is 1.98. The fraction of sp³-hybridized carbons (Fsp3) is 0.0870. The zero-order valence-electron chi connectivity index (χ0n) is 16.2. The molecule has 0 saturated carbocycles. The van der Waals surface area contributed by atoms with E-state index in [-0.39, 0.29) is 5.91 Å². The summed E-state index contributed by atoms with van der Waals surface area (Å²) in [6, 6.07) is 21.2. The molecule has 0 aliphatic heterocycles. The van der Waals surface area contributed by atoms with Crippen molar-refractivity contribution >= 4 is 23.7 Å². The van der Waals surface area contributed by atoms with Crippen LogP contribution in [0.3, 0.4) is 0 Å². The fourth-order valence-electron chi connectivity index (χ4n) is 2.70. The number of anilines is 1. The molecule has 3 aromatic carbocycles. The maximum atomic E-state index is 12.5. The van der Waals surface area contributed by atoms with Gasteiger partial charge in [-0.25, -0.2) is 5.43 Å². The molecule has 3 aromatic rings. The number of methoxy groups -OCH3 is 1. The summed E-state index contributed by atoms with van der Waals surface area (Å²) in [5.74, 6) is -0.0801. The van der Waals surface area contributed by atoms with E-state index in [0.717, 1.165) is 11.1 Å². The van der Waals surface area contributed by atoms with E-state index in [1.165, 1.54) is 0 Å². The van der Waals surface area contributed by atoms with Gasteiger partial charge in [0, 0.05) is 5.56 Å². The highest BCUT2D eigenvalue weighted by Gasteiger charge is 2.13. The molecule has 6 heteroatoms. The van der Waals surface area contributed by atoms with E-state index in [1.807, 2.05) is 31.2 Å². The zero-order chi connectivity index (χ0) is 20.6. The third-order valence-corrected chi connectivity index (χ3v) is 4.19. The van der Waals surface area contributed by atoms with Gasteiger partial charge in [-0.1, -0.05) is 42.0 Å². The third-order valence-electron chi connectivity index (χ3n) is 4.19. The summed E-state index contributed by atoms with van der Waals surface area (Å²) < 4.78 is 5.10. The maximum absolute atomic E-state index is 12.5. The van der Waals surface area contributed by atoms with E-state index in [9.17, 15) is 9.59 Å². The molecule has 0 aliphatic rings. The van der Waals surface area contributed by atoms with Crippen LogP contribution >= 0.6 is 0 Å². The Kier molecular flexibility index (Phi) is 6.37. The van der Waals surface area contributed by atoms with E-state index < -0.39 is 5.91 Å². The lowest BCUT2D eigenvalue weighted by Gasteiger charge is -2.10. The number of hydrogen-bond donors (Lipinski definition) is 2. The molecular weight excluding hydrogens is 366 g/mol. The average Bonchev–Trinajstić information content (AvgIpc) is 2.74. The lowest BCUT2D eigenvalue weighted by atomic mass is 10.1. The van der Waals surface area contributed by atoms with Crippen molar-refractivity contribution in [2.24, 2.45) is 5.10 Å². The molecule has 0 unspecified atom stereocenters. The van der Waals surface area contributed by atoms with Gasteiger partial charge in [-0.15, -0.1) is 0 Å². The molecule has 6 nitrogen and oxygen atoms in total. The highest BCUT2D eigenvalue weighted by atomic mass is 16.5. The maximum Gasteiger partial charge on any atom is 0.273 e. The van der Waals surface area contributed by atoms with Gasteiger partial charge in [-0.3, -0.25) is 9.59 Å². The molecule has 0 fully saturated rings. The second-order valence-corrected chi connectivity index (χ2v) is 6.34. The first-order valence-electron chi connectivity index (χ1n) is 9.01. The number of hydrazone groups is 1. The highest BCUT2D eigenvalue weighted by Crippen LogP contribution is 2.17. The summed E-state index contributed by atoms with van der Waals surface area (Å²) in [5.41, 5.74) is 5.65. The Morgan fingerprint density at radius 2 is 1.69 bits per heavy atom. The zero-order valence-corrected chi connectivity index (χ0v) is 16.2. The van der Waals surface area contributed by atoms with Crippen molar-refractivity contribution in [3.63, 3.8) is 0 Å². The number of ether oxygens (including phenoxy) is 1. The summed E-state index contributed by atoms with van der Waals surface area (Å²) in [5, 5.41) is 6.77. The average molecular weight is 387 g/mol. The molecule has 0 aromatic heterocycles. The van der Waals surface area contributed by atoms with Crippen LogP contribution in [0.2, 0.25) is 0 Å². The van der Waals surface area contributed by atoms with E-state index in [0.29, 0.717) is 22.6 Å². The van der Waals surface area contributed by atoms with E-state index in [2.05, 4.69) is 15.8 Å². The smallest absolute Gasteiger partial charge is 0.273 e. The quantitative estimate of drug-likeness (QED) is 0.495. The molecule has 0 saturated heterocycles. The molecule has 0 spiro atoms. The molecule has 0 radical (unpaired) electrons.